The van der Waals surface area contributed by atoms with Gasteiger partial charge in [0.2, 0.25) is 0 Å². The fourth-order valence-electron chi connectivity index (χ4n) is 1.19. The topological polar surface area (TPSA) is 0 Å². The summed E-state index contributed by atoms with van der Waals surface area (Å²) in [5, 5.41) is 0. The summed E-state index contributed by atoms with van der Waals surface area (Å²) in [4.78, 5) is 0. The van der Waals surface area contributed by atoms with Gasteiger partial charge in [0.1, 0.15) is 0 Å². The van der Waals surface area contributed by atoms with Gasteiger partial charge in [-0.2, -0.15) is 0 Å². The Morgan fingerprint density at radius 2 is 1.90 bits per heavy atom. The summed E-state index contributed by atoms with van der Waals surface area (Å²) in [6.07, 6.45) is 5.59. The van der Waals surface area contributed by atoms with Gasteiger partial charge < -0.3 is 0 Å². The molecule has 54 valence electrons. The lowest BCUT2D eigenvalue weighted by atomic mass is 10.1. The molecule has 0 aromatic rings. The Bertz CT molecular complexity index is 174. The molecule has 0 amide bonds. The van der Waals surface area contributed by atoms with E-state index in [1.165, 1.54) is 25.7 Å². The summed E-state index contributed by atoms with van der Waals surface area (Å²) in [6.45, 7) is 2.27. The lowest BCUT2D eigenvalue weighted by Crippen LogP contribution is -1.91. The monoisotopic (exact) mass is 134 g/mol. The average molecular weight is 134 g/mol. The van der Waals surface area contributed by atoms with Gasteiger partial charge in [-0.05, 0) is 31.6 Å². The van der Waals surface area contributed by atoms with Crippen LogP contribution < -0.4 is 0 Å². The number of hydrogen-bond donors (Lipinski definition) is 0. The Hall–Kier alpha value is -0.440. The van der Waals surface area contributed by atoms with Gasteiger partial charge in [0.05, 0.1) is 0 Å². The summed E-state index contributed by atoms with van der Waals surface area (Å²) in [7, 11) is 0. The third-order valence-electron chi connectivity index (χ3n) is 2.42. The lowest BCUT2D eigenvalue weighted by Gasteiger charge is -1.96. The number of hydrogen-bond acceptors (Lipinski definition) is 0. The van der Waals surface area contributed by atoms with Crippen molar-refractivity contribution in [3.63, 3.8) is 0 Å². The zero-order valence-electron chi connectivity index (χ0n) is 6.56. The van der Waals surface area contributed by atoms with Crippen molar-refractivity contribution in [2.24, 2.45) is 17.8 Å². The van der Waals surface area contributed by atoms with Crippen molar-refractivity contribution in [1.82, 2.24) is 0 Å². The molecule has 2 saturated carbocycles. The summed E-state index contributed by atoms with van der Waals surface area (Å²) in [6, 6.07) is 0. The first kappa shape index (κ1) is 6.28. The predicted molar refractivity (Wildman–Crippen MR) is 42.4 cm³/mol. The van der Waals surface area contributed by atoms with E-state index >= 15 is 0 Å². The minimum Gasteiger partial charge on any atom is -0.0996 e. The van der Waals surface area contributed by atoms with Crippen molar-refractivity contribution in [3.05, 3.63) is 0 Å². The van der Waals surface area contributed by atoms with E-state index in [4.69, 9.17) is 0 Å². The summed E-state index contributed by atoms with van der Waals surface area (Å²) < 4.78 is 0. The van der Waals surface area contributed by atoms with Crippen molar-refractivity contribution in [1.29, 1.82) is 0 Å². The van der Waals surface area contributed by atoms with Crippen LogP contribution in [0.15, 0.2) is 0 Å². The first-order valence-corrected chi connectivity index (χ1v) is 4.37. The zero-order valence-corrected chi connectivity index (χ0v) is 6.56. The van der Waals surface area contributed by atoms with Gasteiger partial charge in [0.25, 0.3) is 0 Å². The Kier molecular flexibility index (Phi) is 1.45. The highest BCUT2D eigenvalue weighted by Gasteiger charge is 2.27. The second-order valence-corrected chi connectivity index (χ2v) is 3.69. The maximum absolute atomic E-state index is 3.36. The molecule has 0 spiro atoms. The first-order chi connectivity index (χ1) is 4.86. The molecule has 0 aliphatic heterocycles. The summed E-state index contributed by atoms with van der Waals surface area (Å²) in [5.74, 6) is 9.14. The molecular formula is C10H14. The maximum atomic E-state index is 3.36. The SMILES string of the molecule is CC(C#CC1CC1)C1CC1. The van der Waals surface area contributed by atoms with Crippen LogP contribution in [-0.4, -0.2) is 0 Å². The molecule has 2 fully saturated rings. The molecule has 0 aromatic heterocycles. The Morgan fingerprint density at radius 1 is 1.20 bits per heavy atom. The van der Waals surface area contributed by atoms with Crippen molar-refractivity contribution in [3.8, 4) is 11.8 Å². The Morgan fingerprint density at radius 3 is 2.40 bits per heavy atom. The smallest absolute Gasteiger partial charge is 0.0203 e. The largest absolute Gasteiger partial charge is 0.0996 e. The second-order valence-electron chi connectivity index (χ2n) is 3.69. The summed E-state index contributed by atoms with van der Waals surface area (Å²) >= 11 is 0. The van der Waals surface area contributed by atoms with Crippen LogP contribution in [0.25, 0.3) is 0 Å². The van der Waals surface area contributed by atoms with Crippen molar-refractivity contribution >= 4 is 0 Å². The molecule has 0 saturated heterocycles. The van der Waals surface area contributed by atoms with Crippen LogP contribution >= 0.6 is 0 Å². The van der Waals surface area contributed by atoms with Gasteiger partial charge in [0, 0.05) is 11.8 Å². The van der Waals surface area contributed by atoms with Gasteiger partial charge in [-0.1, -0.05) is 18.8 Å². The lowest BCUT2D eigenvalue weighted by molar-refractivity contribution is 0.649. The van der Waals surface area contributed by atoms with Gasteiger partial charge in [-0.3, -0.25) is 0 Å². The van der Waals surface area contributed by atoms with Crippen molar-refractivity contribution in [2.75, 3.05) is 0 Å². The highest BCUT2D eigenvalue weighted by molar-refractivity contribution is 5.13. The van der Waals surface area contributed by atoms with E-state index in [0.29, 0.717) is 5.92 Å². The molecule has 1 atom stereocenters. The minimum atomic E-state index is 0.695. The molecule has 2 aliphatic rings. The number of rotatable bonds is 1. The van der Waals surface area contributed by atoms with Crippen LogP contribution in [0.2, 0.25) is 0 Å². The molecule has 2 aliphatic carbocycles. The van der Waals surface area contributed by atoms with Crippen molar-refractivity contribution in [2.45, 2.75) is 32.6 Å². The highest BCUT2D eigenvalue weighted by Crippen LogP contribution is 2.36. The quantitative estimate of drug-likeness (QED) is 0.483. The van der Waals surface area contributed by atoms with Crippen LogP contribution in [0.5, 0.6) is 0 Å². The molecule has 0 aromatic carbocycles. The van der Waals surface area contributed by atoms with Crippen LogP contribution in [0.3, 0.4) is 0 Å². The molecule has 0 heterocycles. The molecule has 0 nitrogen and oxygen atoms in total. The van der Waals surface area contributed by atoms with E-state index in [1.54, 1.807) is 0 Å². The van der Waals surface area contributed by atoms with Gasteiger partial charge in [-0.15, -0.1) is 0 Å². The third-order valence-corrected chi connectivity index (χ3v) is 2.42. The van der Waals surface area contributed by atoms with E-state index in [-0.39, 0.29) is 0 Å². The molecule has 2 rings (SSSR count). The predicted octanol–water partition coefficient (Wildman–Crippen LogP) is 2.45. The molecular weight excluding hydrogens is 120 g/mol. The minimum absolute atomic E-state index is 0.695. The Labute approximate surface area is 63.0 Å². The zero-order chi connectivity index (χ0) is 6.97. The molecule has 0 heteroatoms. The first-order valence-electron chi connectivity index (χ1n) is 4.37. The standard InChI is InChI=1S/C10H14/c1-8(10-6-7-10)2-3-9-4-5-9/h8-10H,4-7H2,1H3. The van der Waals surface area contributed by atoms with Crippen LogP contribution in [0.4, 0.5) is 0 Å². The van der Waals surface area contributed by atoms with Gasteiger partial charge in [0.15, 0.2) is 0 Å². The van der Waals surface area contributed by atoms with E-state index in [0.717, 1.165) is 11.8 Å². The fraction of sp³-hybridized carbons (Fsp3) is 0.800. The van der Waals surface area contributed by atoms with Crippen LogP contribution in [0, 0.1) is 29.6 Å². The fourth-order valence-corrected chi connectivity index (χ4v) is 1.19. The summed E-state index contributed by atoms with van der Waals surface area (Å²) in [5.41, 5.74) is 0. The Balaban J connectivity index is 1.81. The van der Waals surface area contributed by atoms with Crippen LogP contribution in [-0.2, 0) is 0 Å². The van der Waals surface area contributed by atoms with E-state index in [9.17, 15) is 0 Å². The average Bonchev–Trinajstić information content (AvgIpc) is 2.76. The third kappa shape index (κ3) is 1.53. The van der Waals surface area contributed by atoms with E-state index in [1.807, 2.05) is 0 Å². The molecule has 0 radical (unpaired) electrons. The second kappa shape index (κ2) is 2.31. The maximum Gasteiger partial charge on any atom is 0.0203 e. The van der Waals surface area contributed by atoms with E-state index < -0.39 is 0 Å². The van der Waals surface area contributed by atoms with E-state index in [2.05, 4.69) is 18.8 Å². The molecule has 1 unspecified atom stereocenters. The molecule has 10 heavy (non-hydrogen) atoms. The van der Waals surface area contributed by atoms with Gasteiger partial charge in [-0.25, -0.2) is 0 Å². The van der Waals surface area contributed by atoms with Gasteiger partial charge >= 0.3 is 0 Å². The van der Waals surface area contributed by atoms with Crippen LogP contribution in [0.1, 0.15) is 32.6 Å². The molecule has 0 N–H and O–H groups in total. The normalized spacial score (nSPS) is 26.9. The van der Waals surface area contributed by atoms with Crippen molar-refractivity contribution < 1.29 is 0 Å². The highest BCUT2D eigenvalue weighted by atomic mass is 14.3. The molecule has 0 bridgehead atoms.